The van der Waals surface area contributed by atoms with Crippen molar-refractivity contribution in [2.24, 2.45) is 0 Å². The molecule has 0 unspecified atom stereocenters. The molecule has 0 spiro atoms. The molecule has 0 fully saturated rings. The molecule has 1 heterocycles. The highest BCUT2D eigenvalue weighted by Crippen LogP contribution is 2.45. The molecule has 4 rings (SSSR count). The first-order valence-corrected chi connectivity index (χ1v) is 7.83. The van der Waals surface area contributed by atoms with Crippen molar-refractivity contribution < 1.29 is 9.47 Å². The first-order valence-electron chi connectivity index (χ1n) is 7.46. The zero-order chi connectivity index (χ0) is 15.8. The van der Waals surface area contributed by atoms with Gasteiger partial charge >= 0.3 is 0 Å². The second-order valence-electron chi connectivity index (χ2n) is 5.50. The summed E-state index contributed by atoms with van der Waals surface area (Å²) in [7, 11) is 1.67. The Morgan fingerprint density at radius 2 is 1.70 bits per heavy atom. The Hall–Kier alpha value is -2.45. The lowest BCUT2D eigenvalue weighted by Crippen LogP contribution is -2.15. The first kappa shape index (κ1) is 14.2. The van der Waals surface area contributed by atoms with Gasteiger partial charge in [-0.1, -0.05) is 48.0 Å². The van der Waals surface area contributed by atoms with E-state index in [1.807, 2.05) is 54.6 Å². The topological polar surface area (TPSA) is 18.5 Å². The van der Waals surface area contributed by atoms with Crippen molar-refractivity contribution in [3.8, 4) is 22.6 Å². The van der Waals surface area contributed by atoms with Crippen molar-refractivity contribution in [2.45, 2.75) is 6.10 Å². The van der Waals surface area contributed by atoms with Crippen LogP contribution in [0.3, 0.4) is 0 Å². The van der Waals surface area contributed by atoms with E-state index in [1.54, 1.807) is 7.11 Å². The van der Waals surface area contributed by atoms with E-state index >= 15 is 0 Å². The minimum atomic E-state index is -0.150. The molecule has 1 aliphatic heterocycles. The Kier molecular flexibility index (Phi) is 3.47. The summed E-state index contributed by atoms with van der Waals surface area (Å²) in [5, 5.41) is 0.677. The smallest absolute Gasteiger partial charge is 0.149 e. The second kappa shape index (κ2) is 5.64. The highest BCUT2D eigenvalue weighted by molar-refractivity contribution is 6.30. The Bertz CT molecular complexity index is 856. The lowest BCUT2D eigenvalue weighted by Gasteiger charge is -2.29. The number of benzene rings is 3. The van der Waals surface area contributed by atoms with E-state index in [-0.39, 0.29) is 6.10 Å². The minimum Gasteiger partial charge on any atom is -0.497 e. The molecule has 0 bridgehead atoms. The van der Waals surface area contributed by atoms with E-state index in [0.29, 0.717) is 5.02 Å². The fourth-order valence-corrected chi connectivity index (χ4v) is 3.17. The maximum Gasteiger partial charge on any atom is 0.149 e. The Morgan fingerprint density at radius 1 is 0.913 bits per heavy atom. The molecule has 114 valence electrons. The molecule has 23 heavy (non-hydrogen) atoms. The van der Waals surface area contributed by atoms with E-state index in [9.17, 15) is 0 Å². The van der Waals surface area contributed by atoms with E-state index in [4.69, 9.17) is 21.1 Å². The highest BCUT2D eigenvalue weighted by atomic mass is 35.5. The van der Waals surface area contributed by atoms with Crippen LogP contribution in [0.2, 0.25) is 5.02 Å². The summed E-state index contributed by atoms with van der Waals surface area (Å²) in [6.07, 6.45) is -0.150. The summed E-state index contributed by atoms with van der Waals surface area (Å²) in [6.45, 7) is 0. The van der Waals surface area contributed by atoms with Crippen LogP contribution in [-0.4, -0.2) is 7.11 Å². The standard InChI is InChI=1S/C20H15ClO2/c1-22-15-9-6-13(7-10-15)20-18-5-3-2-4-16(18)17-11-8-14(21)12-19(17)23-20/h2-12,20H,1H3/t20-/m1/s1. The third-order valence-corrected chi connectivity index (χ3v) is 4.38. The maximum atomic E-state index is 6.27. The van der Waals surface area contributed by atoms with Crippen molar-refractivity contribution in [1.82, 2.24) is 0 Å². The zero-order valence-corrected chi connectivity index (χ0v) is 13.4. The van der Waals surface area contributed by atoms with Gasteiger partial charge in [0.1, 0.15) is 17.6 Å². The molecular weight excluding hydrogens is 308 g/mol. The van der Waals surface area contributed by atoms with Gasteiger partial charge in [0.25, 0.3) is 0 Å². The summed E-state index contributed by atoms with van der Waals surface area (Å²) in [4.78, 5) is 0. The Morgan fingerprint density at radius 3 is 2.48 bits per heavy atom. The molecule has 0 amide bonds. The van der Waals surface area contributed by atoms with E-state index < -0.39 is 0 Å². The normalized spacial score (nSPS) is 15.3. The monoisotopic (exact) mass is 322 g/mol. The molecule has 3 heteroatoms. The average molecular weight is 323 g/mol. The molecule has 0 saturated heterocycles. The van der Waals surface area contributed by atoms with Crippen molar-refractivity contribution in [1.29, 1.82) is 0 Å². The molecule has 2 nitrogen and oxygen atoms in total. The fourth-order valence-electron chi connectivity index (χ4n) is 3.00. The SMILES string of the molecule is COc1ccc([C@H]2Oc3cc(Cl)ccc3-c3ccccc32)cc1. The lowest BCUT2D eigenvalue weighted by molar-refractivity contribution is 0.243. The van der Waals surface area contributed by atoms with Crippen LogP contribution in [0.5, 0.6) is 11.5 Å². The molecule has 0 aliphatic carbocycles. The number of hydrogen-bond donors (Lipinski definition) is 0. The van der Waals surface area contributed by atoms with Crippen LogP contribution in [0.25, 0.3) is 11.1 Å². The Labute approximate surface area is 140 Å². The lowest BCUT2D eigenvalue weighted by atomic mass is 9.90. The molecule has 0 aromatic heterocycles. The van der Waals surface area contributed by atoms with E-state index in [0.717, 1.165) is 28.2 Å². The first-order chi connectivity index (χ1) is 11.3. The number of methoxy groups -OCH3 is 1. The summed E-state index contributed by atoms with van der Waals surface area (Å²) < 4.78 is 11.5. The van der Waals surface area contributed by atoms with E-state index in [1.165, 1.54) is 5.56 Å². The van der Waals surface area contributed by atoms with Gasteiger partial charge in [0, 0.05) is 16.1 Å². The van der Waals surface area contributed by atoms with Crippen LogP contribution < -0.4 is 9.47 Å². The summed E-state index contributed by atoms with van der Waals surface area (Å²) in [5.74, 6) is 1.65. The zero-order valence-electron chi connectivity index (χ0n) is 12.6. The number of halogens is 1. The van der Waals surface area contributed by atoms with Crippen LogP contribution >= 0.6 is 11.6 Å². The molecule has 3 aromatic carbocycles. The molecule has 3 aromatic rings. The third-order valence-electron chi connectivity index (χ3n) is 4.14. The highest BCUT2D eigenvalue weighted by Gasteiger charge is 2.27. The molecule has 1 aliphatic rings. The van der Waals surface area contributed by atoms with Gasteiger partial charge in [0.2, 0.25) is 0 Å². The van der Waals surface area contributed by atoms with Gasteiger partial charge in [0.15, 0.2) is 0 Å². The molecule has 0 N–H and O–H groups in total. The minimum absolute atomic E-state index is 0.150. The van der Waals surface area contributed by atoms with Crippen molar-refractivity contribution in [3.63, 3.8) is 0 Å². The van der Waals surface area contributed by atoms with Crippen LogP contribution in [-0.2, 0) is 0 Å². The van der Waals surface area contributed by atoms with Gasteiger partial charge in [-0.2, -0.15) is 0 Å². The van der Waals surface area contributed by atoms with Crippen LogP contribution in [0.4, 0.5) is 0 Å². The van der Waals surface area contributed by atoms with Crippen molar-refractivity contribution in [3.05, 3.63) is 82.9 Å². The van der Waals surface area contributed by atoms with E-state index in [2.05, 4.69) is 12.1 Å². The maximum absolute atomic E-state index is 6.27. The summed E-state index contributed by atoms with van der Waals surface area (Å²) in [5.41, 5.74) is 4.51. The van der Waals surface area contributed by atoms with Crippen molar-refractivity contribution in [2.75, 3.05) is 7.11 Å². The molecular formula is C20H15ClO2. The predicted molar refractivity (Wildman–Crippen MR) is 92.4 cm³/mol. The quantitative estimate of drug-likeness (QED) is 0.620. The summed E-state index contributed by atoms with van der Waals surface area (Å²) >= 11 is 6.14. The Balaban J connectivity index is 1.85. The predicted octanol–water partition coefficient (Wildman–Crippen LogP) is 5.50. The number of hydrogen-bond acceptors (Lipinski definition) is 2. The largest absolute Gasteiger partial charge is 0.497 e. The van der Waals surface area contributed by atoms with Gasteiger partial charge in [-0.15, -0.1) is 0 Å². The van der Waals surface area contributed by atoms with Crippen LogP contribution in [0.1, 0.15) is 17.2 Å². The fraction of sp³-hybridized carbons (Fsp3) is 0.100. The van der Waals surface area contributed by atoms with Gasteiger partial charge in [-0.05, 0) is 41.5 Å². The van der Waals surface area contributed by atoms with Crippen LogP contribution in [0.15, 0.2) is 66.7 Å². The number of rotatable bonds is 2. The summed E-state index contributed by atoms with van der Waals surface area (Å²) in [6, 6.07) is 22.1. The van der Waals surface area contributed by atoms with Gasteiger partial charge in [0.05, 0.1) is 7.11 Å². The molecule has 0 saturated carbocycles. The van der Waals surface area contributed by atoms with Crippen LogP contribution in [0, 0.1) is 0 Å². The van der Waals surface area contributed by atoms with Crippen molar-refractivity contribution >= 4 is 11.6 Å². The molecule has 1 atom stereocenters. The third kappa shape index (κ3) is 2.45. The molecule has 0 radical (unpaired) electrons. The average Bonchev–Trinajstić information content (AvgIpc) is 2.61. The van der Waals surface area contributed by atoms with Gasteiger partial charge in [-0.25, -0.2) is 0 Å². The van der Waals surface area contributed by atoms with Gasteiger partial charge in [-0.3, -0.25) is 0 Å². The second-order valence-corrected chi connectivity index (χ2v) is 5.94. The number of fused-ring (bicyclic) bond motifs is 3. The van der Waals surface area contributed by atoms with Gasteiger partial charge < -0.3 is 9.47 Å². The number of ether oxygens (including phenoxy) is 2.